The topological polar surface area (TPSA) is 84.2 Å². The fourth-order valence-electron chi connectivity index (χ4n) is 1.39. The summed E-state index contributed by atoms with van der Waals surface area (Å²) in [5.74, 6) is -1.94. The van der Waals surface area contributed by atoms with Gasteiger partial charge in [-0.3, -0.25) is 14.3 Å². The van der Waals surface area contributed by atoms with Crippen LogP contribution in [0.2, 0.25) is 5.15 Å². The average Bonchev–Trinajstić information content (AvgIpc) is 2.58. The number of aromatic nitrogens is 2. The lowest BCUT2D eigenvalue weighted by molar-refractivity contribution is -0.141. The molecular weight excluding hydrogens is 270 g/mol. The Hall–Kier alpha value is -1.82. The number of carbonyl (C=O) groups excluding carboxylic acids is 1. The minimum Gasteiger partial charge on any atom is -0.481 e. The largest absolute Gasteiger partial charge is 0.481 e. The summed E-state index contributed by atoms with van der Waals surface area (Å²) in [6, 6.07) is 0. The molecule has 1 rings (SSSR count). The molecule has 7 heteroatoms. The van der Waals surface area contributed by atoms with E-state index < -0.39 is 11.9 Å². The van der Waals surface area contributed by atoms with E-state index in [1.807, 2.05) is 0 Å². The molecule has 2 N–H and O–H groups in total. The predicted octanol–water partition coefficient (Wildman–Crippen LogP) is 1.23. The van der Waals surface area contributed by atoms with Gasteiger partial charge in [0.2, 0.25) is 5.91 Å². The highest BCUT2D eigenvalue weighted by Crippen LogP contribution is 2.19. The lowest BCUT2D eigenvalue weighted by Gasteiger charge is -2.05. The maximum atomic E-state index is 11.5. The molecule has 1 amide bonds. The molecule has 6 nitrogen and oxygen atoms in total. The minimum absolute atomic E-state index is 0.0816. The number of nitrogens with zero attached hydrogens (tertiary/aromatic N) is 2. The zero-order valence-electron chi connectivity index (χ0n) is 11.0. The monoisotopic (exact) mass is 285 g/mol. The number of hydrogen-bond donors (Lipinski definition) is 2. The van der Waals surface area contributed by atoms with Crippen LogP contribution in [0.1, 0.15) is 18.2 Å². The van der Waals surface area contributed by atoms with Crippen LogP contribution in [-0.2, 0) is 16.6 Å². The second-order valence-corrected chi connectivity index (χ2v) is 4.59. The fraction of sp³-hybridized carbons (Fsp3) is 0.417. The van der Waals surface area contributed by atoms with Crippen molar-refractivity contribution in [3.8, 4) is 0 Å². The number of carbonyl (C=O) groups is 2. The Labute approximate surface area is 116 Å². The van der Waals surface area contributed by atoms with E-state index in [4.69, 9.17) is 16.7 Å². The molecule has 0 spiro atoms. The zero-order valence-corrected chi connectivity index (χ0v) is 11.7. The molecule has 19 heavy (non-hydrogen) atoms. The number of aryl methyl sites for hydroxylation is 2. The summed E-state index contributed by atoms with van der Waals surface area (Å²) in [4.78, 5) is 22.1. The predicted molar refractivity (Wildman–Crippen MR) is 71.8 cm³/mol. The normalized spacial score (nSPS) is 12.6. The molecule has 0 fully saturated rings. The number of rotatable bonds is 5. The molecule has 1 aromatic heterocycles. The van der Waals surface area contributed by atoms with Crippen LogP contribution in [0.15, 0.2) is 6.08 Å². The van der Waals surface area contributed by atoms with E-state index in [0.717, 1.165) is 5.69 Å². The number of carboxylic acid groups (broad SMARTS) is 1. The van der Waals surface area contributed by atoms with Gasteiger partial charge in [-0.05, 0) is 13.0 Å². The number of carboxylic acids is 1. The van der Waals surface area contributed by atoms with E-state index in [1.165, 1.54) is 17.7 Å². The van der Waals surface area contributed by atoms with Crippen molar-refractivity contribution in [2.45, 2.75) is 13.8 Å². The maximum absolute atomic E-state index is 11.5. The second kappa shape index (κ2) is 6.38. The summed E-state index contributed by atoms with van der Waals surface area (Å²) in [6.45, 7) is 3.39. The highest BCUT2D eigenvalue weighted by atomic mass is 35.5. The lowest BCUT2D eigenvalue weighted by Crippen LogP contribution is -2.30. The van der Waals surface area contributed by atoms with Crippen LogP contribution in [-0.4, -0.2) is 33.3 Å². The average molecular weight is 286 g/mol. The number of amides is 1. The van der Waals surface area contributed by atoms with E-state index >= 15 is 0 Å². The first kappa shape index (κ1) is 15.2. The quantitative estimate of drug-likeness (QED) is 0.797. The van der Waals surface area contributed by atoms with Crippen molar-refractivity contribution in [3.63, 3.8) is 0 Å². The molecule has 1 unspecified atom stereocenters. The summed E-state index contributed by atoms with van der Waals surface area (Å²) < 4.78 is 1.51. The number of halogens is 1. The number of hydrogen-bond acceptors (Lipinski definition) is 3. The molecule has 1 aromatic rings. The highest BCUT2D eigenvalue weighted by molar-refractivity contribution is 6.31. The van der Waals surface area contributed by atoms with Crippen molar-refractivity contribution in [2.75, 3.05) is 6.54 Å². The molecule has 0 saturated carbocycles. The van der Waals surface area contributed by atoms with Crippen molar-refractivity contribution in [3.05, 3.63) is 22.5 Å². The van der Waals surface area contributed by atoms with Gasteiger partial charge >= 0.3 is 5.97 Å². The van der Waals surface area contributed by atoms with Crippen LogP contribution in [0.5, 0.6) is 0 Å². The van der Waals surface area contributed by atoms with Crippen LogP contribution >= 0.6 is 11.6 Å². The molecule has 0 aromatic carbocycles. The van der Waals surface area contributed by atoms with E-state index in [-0.39, 0.29) is 12.5 Å². The van der Waals surface area contributed by atoms with Gasteiger partial charge in [0, 0.05) is 25.2 Å². The van der Waals surface area contributed by atoms with Crippen molar-refractivity contribution in [1.29, 1.82) is 0 Å². The standard InChI is InChI=1S/C12H16ClN3O3/c1-7(12(18)19)6-14-10(17)5-4-9-8(2)15-16(3)11(9)13/h4-5,7H,6H2,1-3H3,(H,14,17)(H,18,19). The van der Waals surface area contributed by atoms with Crippen LogP contribution < -0.4 is 5.32 Å². The molecule has 1 heterocycles. The highest BCUT2D eigenvalue weighted by Gasteiger charge is 2.11. The molecule has 0 bridgehead atoms. The van der Waals surface area contributed by atoms with Gasteiger partial charge in [0.25, 0.3) is 0 Å². The maximum Gasteiger partial charge on any atom is 0.308 e. The molecule has 104 valence electrons. The Bertz CT molecular complexity index is 523. The van der Waals surface area contributed by atoms with Crippen LogP contribution in [0.4, 0.5) is 0 Å². The minimum atomic E-state index is -0.949. The van der Waals surface area contributed by atoms with Gasteiger partial charge in [0.15, 0.2) is 0 Å². The Kier molecular flexibility index (Phi) is 5.11. The fourth-order valence-corrected chi connectivity index (χ4v) is 1.63. The van der Waals surface area contributed by atoms with Crippen molar-refractivity contribution < 1.29 is 14.7 Å². The van der Waals surface area contributed by atoms with Gasteiger partial charge in [-0.1, -0.05) is 18.5 Å². The van der Waals surface area contributed by atoms with Gasteiger partial charge in [-0.25, -0.2) is 0 Å². The molecule has 0 aliphatic carbocycles. The number of nitrogens with one attached hydrogen (secondary N) is 1. The van der Waals surface area contributed by atoms with Gasteiger partial charge in [-0.2, -0.15) is 5.10 Å². The third-order valence-electron chi connectivity index (χ3n) is 2.60. The first-order valence-electron chi connectivity index (χ1n) is 5.70. The van der Waals surface area contributed by atoms with Gasteiger partial charge in [-0.15, -0.1) is 0 Å². The Balaban J connectivity index is 2.62. The smallest absolute Gasteiger partial charge is 0.308 e. The molecule has 0 saturated heterocycles. The van der Waals surface area contributed by atoms with Crippen molar-refractivity contribution in [2.24, 2.45) is 13.0 Å². The van der Waals surface area contributed by atoms with Crippen molar-refractivity contribution >= 4 is 29.6 Å². The summed E-state index contributed by atoms with van der Waals surface area (Å²) in [6.07, 6.45) is 2.87. The van der Waals surface area contributed by atoms with E-state index in [0.29, 0.717) is 10.7 Å². The summed E-state index contributed by atoms with van der Waals surface area (Å²) in [5.41, 5.74) is 1.39. The summed E-state index contributed by atoms with van der Waals surface area (Å²) >= 11 is 6.01. The Morgan fingerprint density at radius 2 is 2.21 bits per heavy atom. The van der Waals surface area contributed by atoms with Crippen molar-refractivity contribution in [1.82, 2.24) is 15.1 Å². The first-order valence-corrected chi connectivity index (χ1v) is 6.08. The third-order valence-corrected chi connectivity index (χ3v) is 3.05. The summed E-state index contributed by atoms with van der Waals surface area (Å²) in [7, 11) is 1.71. The zero-order chi connectivity index (χ0) is 14.6. The summed E-state index contributed by atoms with van der Waals surface area (Å²) in [5, 5.41) is 15.7. The third kappa shape index (κ3) is 4.10. The molecule has 0 radical (unpaired) electrons. The first-order chi connectivity index (χ1) is 8.82. The van der Waals surface area contributed by atoms with E-state index in [1.54, 1.807) is 20.0 Å². The Morgan fingerprint density at radius 1 is 1.58 bits per heavy atom. The van der Waals surface area contributed by atoms with Crippen LogP contribution in [0, 0.1) is 12.8 Å². The molecule has 0 aliphatic heterocycles. The second-order valence-electron chi connectivity index (χ2n) is 4.23. The molecular formula is C12H16ClN3O3. The van der Waals surface area contributed by atoms with Crippen LogP contribution in [0.25, 0.3) is 6.08 Å². The van der Waals surface area contributed by atoms with E-state index in [2.05, 4.69) is 10.4 Å². The molecule has 1 atom stereocenters. The number of aliphatic carboxylic acids is 1. The van der Waals surface area contributed by atoms with Gasteiger partial charge in [0.1, 0.15) is 5.15 Å². The van der Waals surface area contributed by atoms with Crippen LogP contribution in [0.3, 0.4) is 0 Å². The molecule has 0 aliphatic rings. The van der Waals surface area contributed by atoms with E-state index in [9.17, 15) is 9.59 Å². The SMILES string of the molecule is Cc1nn(C)c(Cl)c1C=CC(=O)NCC(C)C(=O)O. The lowest BCUT2D eigenvalue weighted by atomic mass is 10.2. The Morgan fingerprint density at radius 3 is 2.68 bits per heavy atom. The van der Waals surface area contributed by atoms with Gasteiger partial charge < -0.3 is 10.4 Å². The van der Waals surface area contributed by atoms with Gasteiger partial charge in [0.05, 0.1) is 11.6 Å².